The lowest BCUT2D eigenvalue weighted by Crippen LogP contribution is -2.37. The third-order valence-corrected chi connectivity index (χ3v) is 2.47. The minimum absolute atomic E-state index is 0.0104. The van der Waals surface area contributed by atoms with E-state index in [-0.39, 0.29) is 24.4 Å². The van der Waals surface area contributed by atoms with E-state index in [1.165, 1.54) is 0 Å². The molecule has 0 bridgehead atoms. The van der Waals surface area contributed by atoms with Crippen LogP contribution in [0.2, 0.25) is 0 Å². The van der Waals surface area contributed by atoms with Crippen LogP contribution in [0.3, 0.4) is 0 Å². The van der Waals surface area contributed by atoms with Crippen molar-refractivity contribution in [3.8, 4) is 0 Å². The van der Waals surface area contributed by atoms with E-state index in [1.807, 2.05) is 6.92 Å². The van der Waals surface area contributed by atoms with Crippen LogP contribution in [-0.4, -0.2) is 18.1 Å². The molecule has 0 radical (unpaired) electrons. The smallest absolute Gasteiger partial charge is 0.239 e. The first-order valence-corrected chi connectivity index (χ1v) is 3.95. The molecule has 0 aromatic rings. The normalized spacial score (nSPS) is 37.4. The molecule has 0 amide bonds. The highest BCUT2D eigenvalue weighted by Gasteiger charge is 2.41. The highest BCUT2D eigenvalue weighted by molar-refractivity contribution is 4.90. The van der Waals surface area contributed by atoms with E-state index >= 15 is 0 Å². The fourth-order valence-electron chi connectivity index (χ4n) is 2.00. The lowest BCUT2D eigenvalue weighted by molar-refractivity contribution is -0.0210. The molecule has 0 saturated heterocycles. The van der Waals surface area contributed by atoms with Crippen molar-refractivity contribution in [3.63, 3.8) is 0 Å². The molecule has 1 N–H and O–H groups in total. The van der Waals surface area contributed by atoms with E-state index < -0.39 is 6.43 Å². The van der Waals surface area contributed by atoms with Crippen LogP contribution in [0.5, 0.6) is 0 Å². The Balaban J connectivity index is 2.25. The van der Waals surface area contributed by atoms with Gasteiger partial charge in [-0.1, -0.05) is 6.92 Å². The quantitative estimate of drug-likeness (QED) is 0.676. The summed E-state index contributed by atoms with van der Waals surface area (Å²) in [4.78, 5) is 0. The lowest BCUT2D eigenvalue weighted by Gasteiger charge is -2.44. The molecular weight excluding hydrogens is 150 g/mol. The predicted octanol–water partition coefficient (Wildman–Crippen LogP) is 2.05. The maximum absolute atomic E-state index is 11.9. The maximum Gasteiger partial charge on any atom is 0.239 e. The van der Waals surface area contributed by atoms with Crippen LogP contribution in [-0.2, 0) is 0 Å². The van der Waals surface area contributed by atoms with Crippen molar-refractivity contribution >= 4 is 0 Å². The van der Waals surface area contributed by atoms with E-state index in [0.717, 1.165) is 12.8 Å². The molecule has 0 aromatic carbocycles. The van der Waals surface area contributed by atoms with Gasteiger partial charge in [0.1, 0.15) is 0 Å². The van der Waals surface area contributed by atoms with Gasteiger partial charge >= 0.3 is 0 Å². The Kier molecular flexibility index (Phi) is 2.47. The summed E-state index contributed by atoms with van der Waals surface area (Å²) in [6.45, 7) is 2.02. The van der Waals surface area contributed by atoms with Gasteiger partial charge in [-0.25, -0.2) is 8.78 Å². The van der Waals surface area contributed by atoms with Crippen LogP contribution in [0.1, 0.15) is 26.2 Å². The summed E-state index contributed by atoms with van der Waals surface area (Å²) < 4.78 is 23.8. The molecule has 0 unspecified atom stereocenters. The molecule has 3 heteroatoms. The Morgan fingerprint density at radius 1 is 1.55 bits per heavy atom. The largest absolute Gasteiger partial charge is 0.396 e. The molecule has 66 valence electrons. The first-order valence-electron chi connectivity index (χ1n) is 3.95. The minimum Gasteiger partial charge on any atom is -0.396 e. The van der Waals surface area contributed by atoms with Crippen molar-refractivity contribution in [2.24, 2.45) is 11.3 Å². The number of halogens is 2. The molecule has 1 rings (SSSR count). The van der Waals surface area contributed by atoms with Crippen LogP contribution in [0.4, 0.5) is 8.78 Å². The number of hydrogen-bond acceptors (Lipinski definition) is 1. The number of rotatable bonds is 3. The maximum atomic E-state index is 11.9. The molecule has 1 aliphatic carbocycles. The van der Waals surface area contributed by atoms with Gasteiger partial charge in [0.25, 0.3) is 0 Å². The molecule has 0 atom stereocenters. The average molecular weight is 164 g/mol. The number of aliphatic hydroxyl groups excluding tert-OH is 1. The van der Waals surface area contributed by atoms with E-state index in [1.54, 1.807) is 0 Å². The standard InChI is InChI=1S/C8H14F2O/c1-8(4-7(9)10)2-6(3-8)5-11/h6-7,11H,2-5H2,1H3. The topological polar surface area (TPSA) is 20.2 Å². The molecule has 1 nitrogen and oxygen atoms in total. The Bertz CT molecular complexity index is 130. The zero-order chi connectivity index (χ0) is 8.48. The number of hydrogen-bond donors (Lipinski definition) is 1. The first-order chi connectivity index (χ1) is 5.06. The summed E-state index contributed by atoms with van der Waals surface area (Å²) in [5, 5.41) is 8.66. The molecule has 1 fully saturated rings. The molecule has 0 aromatic heterocycles. The highest BCUT2D eigenvalue weighted by atomic mass is 19.3. The molecule has 1 aliphatic rings. The van der Waals surface area contributed by atoms with Gasteiger partial charge in [0.05, 0.1) is 0 Å². The van der Waals surface area contributed by atoms with Gasteiger partial charge in [-0.15, -0.1) is 0 Å². The van der Waals surface area contributed by atoms with Crippen molar-refractivity contribution in [2.75, 3.05) is 6.61 Å². The van der Waals surface area contributed by atoms with Gasteiger partial charge in [0, 0.05) is 13.0 Å². The fourth-order valence-corrected chi connectivity index (χ4v) is 2.00. The Hall–Kier alpha value is -0.180. The number of alkyl halides is 2. The summed E-state index contributed by atoms with van der Waals surface area (Å²) in [5.41, 5.74) is -0.193. The van der Waals surface area contributed by atoms with E-state index in [9.17, 15) is 8.78 Å². The van der Waals surface area contributed by atoms with Gasteiger partial charge in [-0.2, -0.15) is 0 Å². The summed E-state index contributed by atoms with van der Waals surface area (Å²) in [7, 11) is 0. The second-order valence-corrected chi connectivity index (χ2v) is 3.86. The molecule has 0 spiro atoms. The van der Waals surface area contributed by atoms with Gasteiger partial charge in [-0.05, 0) is 24.2 Å². The summed E-state index contributed by atoms with van der Waals surface area (Å²) in [6, 6.07) is 0. The molecule has 1 saturated carbocycles. The Morgan fingerprint density at radius 2 is 2.09 bits per heavy atom. The highest BCUT2D eigenvalue weighted by Crippen LogP contribution is 2.48. The number of aliphatic hydroxyl groups is 1. The Labute approximate surface area is 65.4 Å². The average Bonchev–Trinajstić information content (AvgIpc) is 1.80. The van der Waals surface area contributed by atoms with Gasteiger partial charge in [-0.3, -0.25) is 0 Å². The second-order valence-electron chi connectivity index (χ2n) is 3.86. The van der Waals surface area contributed by atoms with Gasteiger partial charge in [0.2, 0.25) is 6.43 Å². The van der Waals surface area contributed by atoms with E-state index in [4.69, 9.17) is 5.11 Å². The van der Waals surface area contributed by atoms with Crippen LogP contribution in [0.25, 0.3) is 0 Å². The van der Waals surface area contributed by atoms with Gasteiger partial charge in [0.15, 0.2) is 0 Å². The van der Waals surface area contributed by atoms with Crippen molar-refractivity contribution in [2.45, 2.75) is 32.6 Å². The van der Waals surface area contributed by atoms with E-state index in [0.29, 0.717) is 0 Å². The third-order valence-electron chi connectivity index (χ3n) is 2.47. The first kappa shape index (κ1) is 8.91. The second kappa shape index (κ2) is 3.05. The minimum atomic E-state index is -2.19. The SMILES string of the molecule is CC1(CC(F)F)CC(CO)C1. The molecule has 0 aliphatic heterocycles. The predicted molar refractivity (Wildman–Crippen MR) is 38.5 cm³/mol. The van der Waals surface area contributed by atoms with Crippen molar-refractivity contribution in [1.29, 1.82) is 0 Å². The lowest BCUT2D eigenvalue weighted by atomic mass is 9.62. The third kappa shape index (κ3) is 2.12. The monoisotopic (exact) mass is 164 g/mol. The zero-order valence-corrected chi connectivity index (χ0v) is 6.69. The van der Waals surface area contributed by atoms with Gasteiger partial charge < -0.3 is 5.11 Å². The van der Waals surface area contributed by atoms with Crippen molar-refractivity contribution < 1.29 is 13.9 Å². The van der Waals surface area contributed by atoms with Crippen molar-refractivity contribution in [1.82, 2.24) is 0 Å². The molecular formula is C8H14F2O. The van der Waals surface area contributed by atoms with Crippen LogP contribution < -0.4 is 0 Å². The van der Waals surface area contributed by atoms with Crippen LogP contribution in [0.15, 0.2) is 0 Å². The molecule has 0 heterocycles. The summed E-state index contributed by atoms with van der Waals surface area (Å²) >= 11 is 0. The van der Waals surface area contributed by atoms with Crippen molar-refractivity contribution in [3.05, 3.63) is 0 Å². The van der Waals surface area contributed by atoms with Crippen LogP contribution >= 0.6 is 0 Å². The summed E-state index contributed by atoms with van der Waals surface area (Å²) in [5.74, 6) is 0.277. The zero-order valence-electron chi connectivity index (χ0n) is 6.69. The Morgan fingerprint density at radius 3 is 2.45 bits per heavy atom. The van der Waals surface area contributed by atoms with Crippen LogP contribution in [0, 0.1) is 11.3 Å². The fraction of sp³-hybridized carbons (Fsp3) is 1.00. The summed E-state index contributed by atoms with van der Waals surface area (Å²) in [6.07, 6.45) is -0.690. The molecule has 11 heavy (non-hydrogen) atoms. The van der Waals surface area contributed by atoms with E-state index in [2.05, 4.69) is 0 Å².